The number of nitrogens with one attached hydrogen (secondary N) is 1. The molecule has 1 fully saturated rings. The third-order valence-corrected chi connectivity index (χ3v) is 4.40. The van der Waals surface area contributed by atoms with E-state index < -0.39 is 6.04 Å². The quantitative estimate of drug-likeness (QED) is 0.929. The number of halogens is 1. The summed E-state index contributed by atoms with van der Waals surface area (Å²) >= 11 is 6.17. The Morgan fingerprint density at radius 1 is 1.38 bits per heavy atom. The minimum Gasteiger partial charge on any atom is -0.344 e. The van der Waals surface area contributed by atoms with E-state index in [-0.39, 0.29) is 17.7 Å². The van der Waals surface area contributed by atoms with E-state index in [4.69, 9.17) is 11.6 Å². The molecule has 1 aromatic rings. The summed E-state index contributed by atoms with van der Waals surface area (Å²) in [5, 5.41) is 3.49. The van der Waals surface area contributed by atoms with Crippen LogP contribution in [0.1, 0.15) is 32.3 Å². The number of carbonyl (C=O) groups is 2. The molecule has 1 heterocycles. The second-order valence-electron chi connectivity index (χ2n) is 5.53. The Kier molecular flexibility index (Phi) is 5.23. The highest BCUT2D eigenvalue weighted by Crippen LogP contribution is 2.20. The molecule has 0 spiro atoms. The summed E-state index contributed by atoms with van der Waals surface area (Å²) in [6, 6.07) is 7.05. The average molecular weight is 309 g/mol. The maximum atomic E-state index is 12.7. The van der Waals surface area contributed by atoms with E-state index in [1.165, 1.54) is 0 Å². The van der Waals surface area contributed by atoms with Gasteiger partial charge in [-0.05, 0) is 17.5 Å². The van der Waals surface area contributed by atoms with Crippen LogP contribution in [-0.4, -0.2) is 29.3 Å². The summed E-state index contributed by atoms with van der Waals surface area (Å²) in [5.74, 6) is 0.0405. The zero-order valence-electron chi connectivity index (χ0n) is 12.4. The van der Waals surface area contributed by atoms with Gasteiger partial charge in [-0.2, -0.15) is 0 Å². The summed E-state index contributed by atoms with van der Waals surface area (Å²) in [6.45, 7) is 4.89. The molecular weight excluding hydrogens is 288 g/mol. The summed E-state index contributed by atoms with van der Waals surface area (Å²) < 4.78 is 0. The first-order chi connectivity index (χ1) is 10.0. The van der Waals surface area contributed by atoms with Gasteiger partial charge in [0.15, 0.2) is 0 Å². The second-order valence-corrected chi connectivity index (χ2v) is 5.94. The largest absolute Gasteiger partial charge is 0.344 e. The van der Waals surface area contributed by atoms with Gasteiger partial charge in [-0.25, -0.2) is 0 Å². The molecule has 5 heteroatoms. The highest BCUT2D eigenvalue weighted by Gasteiger charge is 2.33. The molecule has 1 N–H and O–H groups in total. The molecule has 0 aliphatic carbocycles. The van der Waals surface area contributed by atoms with Gasteiger partial charge in [0.2, 0.25) is 11.8 Å². The Bertz CT molecular complexity index is 533. The van der Waals surface area contributed by atoms with Crippen molar-refractivity contribution in [2.45, 2.75) is 39.3 Å². The zero-order valence-corrected chi connectivity index (χ0v) is 13.2. The van der Waals surface area contributed by atoms with E-state index in [1.807, 2.05) is 38.1 Å². The van der Waals surface area contributed by atoms with E-state index >= 15 is 0 Å². The molecule has 0 bridgehead atoms. The number of amides is 2. The van der Waals surface area contributed by atoms with Crippen LogP contribution < -0.4 is 5.32 Å². The minimum absolute atomic E-state index is 0.0184. The number of hydrogen-bond donors (Lipinski definition) is 1. The van der Waals surface area contributed by atoms with Crippen molar-refractivity contribution in [3.63, 3.8) is 0 Å². The van der Waals surface area contributed by atoms with Gasteiger partial charge in [0.05, 0.1) is 0 Å². The van der Waals surface area contributed by atoms with Crippen LogP contribution in [0.25, 0.3) is 0 Å². The Balaban J connectivity index is 2.20. The maximum Gasteiger partial charge on any atom is 0.245 e. The van der Waals surface area contributed by atoms with Gasteiger partial charge < -0.3 is 10.2 Å². The monoisotopic (exact) mass is 308 g/mol. The van der Waals surface area contributed by atoms with Crippen LogP contribution in [-0.2, 0) is 16.1 Å². The first-order valence-electron chi connectivity index (χ1n) is 7.34. The van der Waals surface area contributed by atoms with Crippen molar-refractivity contribution in [2.24, 2.45) is 5.92 Å². The fourth-order valence-corrected chi connectivity index (χ4v) is 2.66. The van der Waals surface area contributed by atoms with Crippen LogP contribution in [0.3, 0.4) is 0 Å². The van der Waals surface area contributed by atoms with Crippen molar-refractivity contribution in [1.29, 1.82) is 0 Å². The molecule has 2 atom stereocenters. The van der Waals surface area contributed by atoms with Crippen molar-refractivity contribution >= 4 is 23.4 Å². The molecule has 1 aromatic carbocycles. The second kappa shape index (κ2) is 6.94. The van der Waals surface area contributed by atoms with Gasteiger partial charge >= 0.3 is 0 Å². The molecule has 0 saturated carbocycles. The Labute approximate surface area is 130 Å². The lowest BCUT2D eigenvalue weighted by atomic mass is 9.98. The fraction of sp³-hybridized carbons (Fsp3) is 0.500. The molecule has 1 saturated heterocycles. The lowest BCUT2D eigenvalue weighted by Crippen LogP contribution is -2.48. The highest BCUT2D eigenvalue weighted by atomic mass is 35.5. The first-order valence-corrected chi connectivity index (χ1v) is 7.72. The molecule has 2 unspecified atom stereocenters. The summed E-state index contributed by atoms with van der Waals surface area (Å²) in [7, 11) is 0. The topological polar surface area (TPSA) is 49.4 Å². The number of benzene rings is 1. The van der Waals surface area contributed by atoms with Crippen LogP contribution in [0.15, 0.2) is 24.3 Å². The summed E-state index contributed by atoms with van der Waals surface area (Å²) in [6.07, 6.45) is 1.18. The zero-order chi connectivity index (χ0) is 15.4. The van der Waals surface area contributed by atoms with E-state index in [0.29, 0.717) is 24.5 Å². The highest BCUT2D eigenvalue weighted by molar-refractivity contribution is 6.31. The van der Waals surface area contributed by atoms with Gasteiger partial charge in [-0.1, -0.05) is 50.1 Å². The van der Waals surface area contributed by atoms with Crippen LogP contribution in [0.5, 0.6) is 0 Å². The van der Waals surface area contributed by atoms with Crippen LogP contribution >= 0.6 is 11.6 Å². The van der Waals surface area contributed by atoms with Gasteiger partial charge in [0, 0.05) is 24.5 Å². The smallest absolute Gasteiger partial charge is 0.245 e. The first kappa shape index (κ1) is 15.8. The normalized spacial score (nSPS) is 20.9. The Hall–Kier alpha value is -1.55. The van der Waals surface area contributed by atoms with Gasteiger partial charge in [0.25, 0.3) is 0 Å². The van der Waals surface area contributed by atoms with Crippen LogP contribution in [0.4, 0.5) is 0 Å². The fourth-order valence-electron chi connectivity index (χ4n) is 2.46. The number of rotatable bonds is 4. The van der Waals surface area contributed by atoms with Crippen LogP contribution in [0, 0.1) is 5.92 Å². The molecule has 1 aliphatic heterocycles. The van der Waals surface area contributed by atoms with E-state index in [9.17, 15) is 9.59 Å². The van der Waals surface area contributed by atoms with Gasteiger partial charge in [-0.3, -0.25) is 9.59 Å². The number of hydrogen-bond acceptors (Lipinski definition) is 2. The predicted molar refractivity (Wildman–Crippen MR) is 82.9 cm³/mol. The van der Waals surface area contributed by atoms with Crippen molar-refractivity contribution in [1.82, 2.24) is 10.2 Å². The van der Waals surface area contributed by atoms with Crippen molar-refractivity contribution in [2.75, 3.05) is 6.54 Å². The predicted octanol–water partition coefficient (Wildman–Crippen LogP) is 2.60. The molecule has 114 valence electrons. The Morgan fingerprint density at radius 3 is 2.76 bits per heavy atom. The lowest BCUT2D eigenvalue weighted by molar-refractivity contribution is -0.135. The van der Waals surface area contributed by atoms with Gasteiger partial charge in [-0.15, -0.1) is 0 Å². The number of carbonyl (C=O) groups excluding carboxylic acids is 2. The van der Waals surface area contributed by atoms with Crippen molar-refractivity contribution in [3.8, 4) is 0 Å². The third-order valence-electron chi connectivity index (χ3n) is 4.04. The van der Waals surface area contributed by atoms with Gasteiger partial charge in [0.1, 0.15) is 6.04 Å². The molecule has 1 aliphatic rings. The molecule has 2 rings (SSSR count). The van der Waals surface area contributed by atoms with Crippen molar-refractivity contribution < 1.29 is 9.59 Å². The lowest BCUT2D eigenvalue weighted by Gasteiger charge is -2.27. The average Bonchev–Trinajstić information content (AvgIpc) is 2.62. The summed E-state index contributed by atoms with van der Waals surface area (Å²) in [4.78, 5) is 26.2. The minimum atomic E-state index is -0.438. The molecular formula is C16H21ClN2O2. The van der Waals surface area contributed by atoms with Crippen molar-refractivity contribution in [3.05, 3.63) is 34.9 Å². The summed E-state index contributed by atoms with van der Waals surface area (Å²) in [5.41, 5.74) is 0.907. The third kappa shape index (κ3) is 3.76. The SMILES string of the molecule is CCC(C)C1NC(=O)CCN(Cc2ccccc2Cl)C1=O. The number of nitrogens with zero attached hydrogens (tertiary/aromatic N) is 1. The molecule has 4 nitrogen and oxygen atoms in total. The molecule has 2 amide bonds. The van der Waals surface area contributed by atoms with E-state index in [1.54, 1.807) is 4.90 Å². The van der Waals surface area contributed by atoms with E-state index in [2.05, 4.69) is 5.32 Å². The molecule has 21 heavy (non-hydrogen) atoms. The molecule has 0 aromatic heterocycles. The molecule has 0 radical (unpaired) electrons. The maximum absolute atomic E-state index is 12.7. The Morgan fingerprint density at radius 2 is 2.10 bits per heavy atom. The standard InChI is InChI=1S/C16H21ClN2O2/c1-3-11(2)15-16(21)19(9-8-14(20)18-15)10-12-6-4-5-7-13(12)17/h4-7,11,15H,3,8-10H2,1-2H3,(H,18,20). The van der Waals surface area contributed by atoms with Crippen LogP contribution in [0.2, 0.25) is 5.02 Å². The van der Waals surface area contributed by atoms with E-state index in [0.717, 1.165) is 12.0 Å².